The van der Waals surface area contributed by atoms with E-state index in [1.54, 1.807) is 0 Å². The van der Waals surface area contributed by atoms with Gasteiger partial charge in [0.1, 0.15) is 5.69 Å². The molecule has 0 aliphatic carbocycles. The Morgan fingerprint density at radius 2 is 2.30 bits per heavy atom. The molecule has 0 spiro atoms. The second-order valence-corrected chi connectivity index (χ2v) is 5.94. The number of hydrogen-bond donors (Lipinski definition) is 1. The van der Waals surface area contributed by atoms with Crippen molar-refractivity contribution in [1.82, 2.24) is 9.47 Å². The van der Waals surface area contributed by atoms with E-state index in [1.807, 2.05) is 21.7 Å². The molecule has 7 heteroatoms. The van der Waals surface area contributed by atoms with Gasteiger partial charge in [0.15, 0.2) is 0 Å². The van der Waals surface area contributed by atoms with E-state index in [2.05, 4.69) is 29.8 Å². The van der Waals surface area contributed by atoms with Crippen LogP contribution in [0.5, 0.6) is 0 Å². The SMILES string of the molecule is CC(C)n1cc(Br)cc1C(=O)N1CCOC(CN)C1.Cl. The van der Waals surface area contributed by atoms with Crippen molar-refractivity contribution in [1.29, 1.82) is 0 Å². The van der Waals surface area contributed by atoms with E-state index in [0.29, 0.717) is 31.9 Å². The van der Waals surface area contributed by atoms with Crippen LogP contribution in [0.1, 0.15) is 30.4 Å². The fourth-order valence-corrected chi connectivity index (χ4v) is 2.69. The molecule has 2 N–H and O–H groups in total. The molecule has 1 saturated heterocycles. The van der Waals surface area contributed by atoms with Crippen molar-refractivity contribution in [3.8, 4) is 0 Å². The molecule has 1 aromatic heterocycles. The monoisotopic (exact) mass is 365 g/mol. The van der Waals surface area contributed by atoms with Gasteiger partial charge in [0, 0.05) is 36.3 Å². The normalized spacial score (nSPS) is 19.1. The predicted molar refractivity (Wildman–Crippen MR) is 84.5 cm³/mol. The highest BCUT2D eigenvalue weighted by Gasteiger charge is 2.26. The van der Waals surface area contributed by atoms with Crippen LogP contribution in [0.15, 0.2) is 16.7 Å². The standard InChI is InChI=1S/C13H20BrN3O2.ClH/c1-9(2)17-7-10(14)5-12(17)13(18)16-3-4-19-11(6-15)8-16;/h5,7,9,11H,3-4,6,8,15H2,1-2H3;1H. The maximum atomic E-state index is 12.6. The highest BCUT2D eigenvalue weighted by atomic mass is 79.9. The van der Waals surface area contributed by atoms with Gasteiger partial charge in [-0.25, -0.2) is 0 Å². The minimum Gasteiger partial charge on any atom is -0.373 e. The quantitative estimate of drug-likeness (QED) is 0.890. The summed E-state index contributed by atoms with van der Waals surface area (Å²) in [5.41, 5.74) is 6.32. The molecule has 0 bridgehead atoms. The molecule has 5 nitrogen and oxygen atoms in total. The highest BCUT2D eigenvalue weighted by Crippen LogP contribution is 2.21. The van der Waals surface area contributed by atoms with E-state index in [9.17, 15) is 4.79 Å². The van der Waals surface area contributed by atoms with Crippen LogP contribution in [-0.4, -0.2) is 47.7 Å². The molecular formula is C13H21BrClN3O2. The summed E-state index contributed by atoms with van der Waals surface area (Å²) in [6.45, 7) is 6.30. The maximum absolute atomic E-state index is 12.6. The topological polar surface area (TPSA) is 60.5 Å². The third kappa shape index (κ3) is 3.75. The summed E-state index contributed by atoms with van der Waals surface area (Å²) < 4.78 is 8.40. The zero-order valence-electron chi connectivity index (χ0n) is 11.7. The van der Waals surface area contributed by atoms with E-state index in [4.69, 9.17) is 10.5 Å². The molecule has 1 atom stereocenters. The second kappa shape index (κ2) is 7.45. The summed E-state index contributed by atoms with van der Waals surface area (Å²) in [6, 6.07) is 2.12. The molecule has 1 aromatic rings. The lowest BCUT2D eigenvalue weighted by Crippen LogP contribution is -2.48. The highest BCUT2D eigenvalue weighted by molar-refractivity contribution is 9.10. The molecular weight excluding hydrogens is 346 g/mol. The number of ether oxygens (including phenoxy) is 1. The van der Waals surface area contributed by atoms with Crippen molar-refractivity contribution in [2.75, 3.05) is 26.2 Å². The zero-order chi connectivity index (χ0) is 14.0. The predicted octanol–water partition coefficient (Wildman–Crippen LogP) is 2.05. The Balaban J connectivity index is 0.00000200. The van der Waals surface area contributed by atoms with Gasteiger partial charge in [-0.15, -0.1) is 12.4 Å². The molecule has 1 aliphatic heterocycles. The van der Waals surface area contributed by atoms with E-state index < -0.39 is 0 Å². The second-order valence-electron chi connectivity index (χ2n) is 5.02. The first-order valence-corrected chi connectivity index (χ1v) is 7.30. The largest absolute Gasteiger partial charge is 0.373 e. The summed E-state index contributed by atoms with van der Waals surface area (Å²) in [4.78, 5) is 14.4. The number of morpholine rings is 1. The number of halogens is 2. The minimum atomic E-state index is -0.0522. The number of carbonyl (C=O) groups is 1. The lowest BCUT2D eigenvalue weighted by atomic mass is 10.2. The van der Waals surface area contributed by atoms with Crippen molar-refractivity contribution in [3.05, 3.63) is 22.4 Å². The van der Waals surface area contributed by atoms with Gasteiger partial charge in [0.2, 0.25) is 0 Å². The number of rotatable bonds is 3. The Morgan fingerprint density at radius 1 is 1.60 bits per heavy atom. The Hall–Kier alpha value is -0.560. The summed E-state index contributed by atoms with van der Waals surface area (Å²) >= 11 is 3.43. The van der Waals surface area contributed by atoms with Gasteiger partial charge in [-0.05, 0) is 35.8 Å². The van der Waals surface area contributed by atoms with E-state index in [1.165, 1.54) is 0 Å². The van der Waals surface area contributed by atoms with Crippen LogP contribution in [0.3, 0.4) is 0 Å². The minimum absolute atomic E-state index is 0. The lowest BCUT2D eigenvalue weighted by Gasteiger charge is -2.32. The van der Waals surface area contributed by atoms with Gasteiger partial charge < -0.3 is 19.9 Å². The van der Waals surface area contributed by atoms with Crippen LogP contribution < -0.4 is 5.73 Å². The van der Waals surface area contributed by atoms with Gasteiger partial charge in [-0.3, -0.25) is 4.79 Å². The number of nitrogens with two attached hydrogens (primary N) is 1. The van der Waals surface area contributed by atoms with E-state index in [0.717, 1.165) is 4.47 Å². The van der Waals surface area contributed by atoms with Crippen molar-refractivity contribution in [2.45, 2.75) is 26.0 Å². The third-order valence-electron chi connectivity index (χ3n) is 3.28. The Bertz CT molecular complexity index is 464. The van der Waals surface area contributed by atoms with Crippen LogP contribution in [0, 0.1) is 0 Å². The molecule has 20 heavy (non-hydrogen) atoms. The van der Waals surface area contributed by atoms with E-state index >= 15 is 0 Å². The zero-order valence-corrected chi connectivity index (χ0v) is 14.1. The Morgan fingerprint density at radius 3 is 2.90 bits per heavy atom. The molecule has 0 aromatic carbocycles. The fraction of sp³-hybridized carbons (Fsp3) is 0.615. The number of nitrogens with zero attached hydrogens (tertiary/aromatic N) is 2. The van der Waals surface area contributed by atoms with Crippen LogP contribution in [-0.2, 0) is 4.74 Å². The maximum Gasteiger partial charge on any atom is 0.270 e. The first-order chi connectivity index (χ1) is 9.02. The summed E-state index contributed by atoms with van der Waals surface area (Å²) in [5, 5.41) is 0. The van der Waals surface area contributed by atoms with Crippen LogP contribution in [0.4, 0.5) is 0 Å². The molecule has 1 fully saturated rings. The van der Waals surface area contributed by atoms with Gasteiger partial charge in [0.05, 0.1) is 12.7 Å². The van der Waals surface area contributed by atoms with Crippen LogP contribution >= 0.6 is 28.3 Å². The molecule has 1 unspecified atom stereocenters. The van der Waals surface area contributed by atoms with Crippen molar-refractivity contribution in [2.24, 2.45) is 5.73 Å². The number of aromatic nitrogens is 1. The molecule has 114 valence electrons. The Labute approximate surface area is 134 Å². The first-order valence-electron chi connectivity index (χ1n) is 6.51. The molecule has 2 heterocycles. The summed E-state index contributed by atoms with van der Waals surface area (Å²) in [6.07, 6.45) is 1.89. The molecule has 0 saturated carbocycles. The van der Waals surface area contributed by atoms with Crippen LogP contribution in [0.2, 0.25) is 0 Å². The number of carbonyl (C=O) groups excluding carboxylic acids is 1. The van der Waals surface area contributed by atoms with Crippen molar-refractivity contribution in [3.63, 3.8) is 0 Å². The smallest absolute Gasteiger partial charge is 0.270 e. The number of hydrogen-bond acceptors (Lipinski definition) is 3. The molecule has 1 aliphatic rings. The average Bonchev–Trinajstić information content (AvgIpc) is 2.80. The Kier molecular flexibility index (Phi) is 6.51. The molecule has 1 amide bonds. The molecule has 2 rings (SSSR count). The average molecular weight is 367 g/mol. The summed E-state index contributed by atoms with van der Waals surface area (Å²) in [5.74, 6) is 0.0427. The summed E-state index contributed by atoms with van der Waals surface area (Å²) in [7, 11) is 0. The third-order valence-corrected chi connectivity index (χ3v) is 3.71. The van der Waals surface area contributed by atoms with Gasteiger partial charge in [-0.1, -0.05) is 0 Å². The van der Waals surface area contributed by atoms with Gasteiger partial charge >= 0.3 is 0 Å². The van der Waals surface area contributed by atoms with Crippen molar-refractivity contribution < 1.29 is 9.53 Å². The van der Waals surface area contributed by atoms with Crippen molar-refractivity contribution >= 4 is 34.2 Å². The van der Waals surface area contributed by atoms with Crippen LogP contribution in [0.25, 0.3) is 0 Å². The number of amides is 1. The van der Waals surface area contributed by atoms with Gasteiger partial charge in [0.25, 0.3) is 5.91 Å². The molecule has 0 radical (unpaired) electrons. The van der Waals surface area contributed by atoms with E-state index in [-0.39, 0.29) is 30.5 Å². The van der Waals surface area contributed by atoms with Gasteiger partial charge in [-0.2, -0.15) is 0 Å². The fourth-order valence-electron chi connectivity index (χ4n) is 2.25. The first kappa shape index (κ1) is 17.5. The lowest BCUT2D eigenvalue weighted by molar-refractivity contribution is -0.0171.